The Kier molecular flexibility index (Phi) is 8.21. The summed E-state index contributed by atoms with van der Waals surface area (Å²) in [6, 6.07) is 0. The molecule has 0 saturated heterocycles. The van der Waals surface area contributed by atoms with Gasteiger partial charge in [0.2, 0.25) is 5.91 Å². The average Bonchev–Trinajstić information content (AvgIpc) is 2.37. The summed E-state index contributed by atoms with van der Waals surface area (Å²) in [6.45, 7) is 2.20. The van der Waals surface area contributed by atoms with Gasteiger partial charge in [0, 0.05) is 6.42 Å². The van der Waals surface area contributed by atoms with E-state index in [0.717, 1.165) is 12.8 Å². The Bertz CT molecular complexity index is 413. The first-order valence-corrected chi connectivity index (χ1v) is 8.20. The van der Waals surface area contributed by atoms with Crippen molar-refractivity contribution in [1.29, 1.82) is 0 Å². The number of hydrogen-bond donors (Lipinski definition) is 1. The Morgan fingerprint density at radius 3 is 2.58 bits per heavy atom. The number of unbranched alkanes of at least 4 members (excludes halogenated alkanes) is 5. The van der Waals surface area contributed by atoms with Gasteiger partial charge in [-0.25, -0.2) is 9.97 Å². The average molecular weight is 393 g/mol. The van der Waals surface area contributed by atoms with Gasteiger partial charge < -0.3 is 5.32 Å². The van der Waals surface area contributed by atoms with Gasteiger partial charge in [0.05, 0.1) is 6.20 Å². The largest absolute Gasteiger partial charge is 0.308 e. The number of nitrogens with one attached hydrogen (secondary N) is 1. The fourth-order valence-electron chi connectivity index (χ4n) is 1.69. The molecule has 106 valence electrons. The van der Waals surface area contributed by atoms with E-state index in [0.29, 0.717) is 21.4 Å². The van der Waals surface area contributed by atoms with Crippen LogP contribution in [0.25, 0.3) is 0 Å². The van der Waals surface area contributed by atoms with Crippen molar-refractivity contribution < 1.29 is 4.79 Å². The van der Waals surface area contributed by atoms with E-state index in [4.69, 9.17) is 0 Å². The molecule has 1 aromatic rings. The quantitative estimate of drug-likeness (QED) is 0.652. The highest BCUT2D eigenvalue weighted by Crippen LogP contribution is 2.19. The Labute approximate surface area is 131 Å². The number of rotatable bonds is 8. The van der Waals surface area contributed by atoms with Crippen molar-refractivity contribution in [3.63, 3.8) is 0 Å². The summed E-state index contributed by atoms with van der Waals surface area (Å²) < 4.78 is 1.17. The number of aromatic nitrogens is 2. The number of amides is 1. The van der Waals surface area contributed by atoms with Crippen LogP contribution in [0.3, 0.4) is 0 Å². The molecule has 0 saturated carbocycles. The van der Waals surface area contributed by atoms with E-state index in [9.17, 15) is 4.79 Å². The molecule has 1 aromatic heterocycles. The highest BCUT2D eigenvalue weighted by molar-refractivity contribution is 9.11. The molecule has 0 aliphatic carbocycles. The van der Waals surface area contributed by atoms with Crippen molar-refractivity contribution >= 4 is 43.6 Å². The van der Waals surface area contributed by atoms with Crippen molar-refractivity contribution in [1.82, 2.24) is 9.97 Å². The molecule has 0 aromatic carbocycles. The van der Waals surface area contributed by atoms with Crippen LogP contribution < -0.4 is 5.32 Å². The summed E-state index contributed by atoms with van der Waals surface area (Å²) in [5.41, 5.74) is 0. The van der Waals surface area contributed by atoms with Crippen molar-refractivity contribution in [2.45, 2.75) is 51.9 Å². The molecular weight excluding hydrogens is 374 g/mol. The maximum atomic E-state index is 11.7. The lowest BCUT2D eigenvalue weighted by Crippen LogP contribution is -2.13. The van der Waals surface area contributed by atoms with Gasteiger partial charge in [-0.3, -0.25) is 4.79 Å². The molecule has 0 radical (unpaired) electrons. The number of carbonyl (C=O) groups is 1. The first-order valence-electron chi connectivity index (χ1n) is 6.61. The van der Waals surface area contributed by atoms with Crippen LogP contribution in [0.4, 0.5) is 5.82 Å². The third kappa shape index (κ3) is 7.01. The number of carbonyl (C=O) groups excluding carboxylic acids is 1. The minimum absolute atomic E-state index is 0.00665. The molecule has 19 heavy (non-hydrogen) atoms. The zero-order valence-electron chi connectivity index (χ0n) is 11.1. The van der Waals surface area contributed by atoms with Crippen LogP contribution in [-0.4, -0.2) is 15.9 Å². The Morgan fingerprint density at radius 1 is 1.21 bits per heavy atom. The van der Waals surface area contributed by atoms with E-state index in [2.05, 4.69) is 54.1 Å². The van der Waals surface area contributed by atoms with E-state index >= 15 is 0 Å². The highest BCUT2D eigenvalue weighted by Gasteiger charge is 2.08. The minimum Gasteiger partial charge on any atom is -0.308 e. The number of halogens is 2. The van der Waals surface area contributed by atoms with Gasteiger partial charge in [0.15, 0.2) is 5.82 Å². The fraction of sp³-hybridized carbons (Fsp3) is 0.615. The van der Waals surface area contributed by atoms with Crippen molar-refractivity contribution in [2.75, 3.05) is 5.32 Å². The minimum atomic E-state index is -0.00665. The standard InChI is InChI=1S/C13H19Br2N3O/c1-2-3-4-5-6-7-8-11(19)18-13-12(15)17-10(14)9-16-13/h9H,2-8H2,1H3,(H,16,18,19). The molecule has 0 spiro atoms. The smallest absolute Gasteiger partial charge is 0.225 e. The molecule has 1 rings (SSSR count). The molecule has 0 bridgehead atoms. The van der Waals surface area contributed by atoms with Gasteiger partial charge >= 0.3 is 0 Å². The Hall–Kier alpha value is -0.490. The molecule has 0 atom stereocenters. The third-order valence-electron chi connectivity index (χ3n) is 2.72. The van der Waals surface area contributed by atoms with Gasteiger partial charge in [0.1, 0.15) is 9.21 Å². The van der Waals surface area contributed by atoms with E-state index in [1.807, 2.05) is 0 Å². The molecule has 6 heteroatoms. The Balaban J connectivity index is 2.23. The van der Waals surface area contributed by atoms with Gasteiger partial charge in [-0.15, -0.1) is 0 Å². The number of nitrogens with zero attached hydrogens (tertiary/aromatic N) is 2. The molecule has 0 aliphatic heterocycles. The molecule has 1 heterocycles. The van der Waals surface area contributed by atoms with Crippen LogP contribution in [0.15, 0.2) is 15.4 Å². The molecule has 1 N–H and O–H groups in total. The topological polar surface area (TPSA) is 54.9 Å². The molecular formula is C13H19Br2N3O. The fourth-order valence-corrected chi connectivity index (χ4v) is 2.60. The van der Waals surface area contributed by atoms with Crippen LogP contribution >= 0.6 is 31.9 Å². The Morgan fingerprint density at radius 2 is 1.89 bits per heavy atom. The number of anilines is 1. The molecule has 4 nitrogen and oxygen atoms in total. The van der Waals surface area contributed by atoms with Crippen molar-refractivity contribution in [3.05, 3.63) is 15.4 Å². The summed E-state index contributed by atoms with van der Waals surface area (Å²) in [7, 11) is 0. The zero-order chi connectivity index (χ0) is 14.1. The molecule has 0 unspecified atom stereocenters. The first-order chi connectivity index (χ1) is 9.13. The maximum absolute atomic E-state index is 11.7. The highest BCUT2D eigenvalue weighted by atomic mass is 79.9. The predicted molar refractivity (Wildman–Crippen MR) is 84.1 cm³/mol. The number of hydrogen-bond acceptors (Lipinski definition) is 3. The van der Waals surface area contributed by atoms with Crippen LogP contribution in [-0.2, 0) is 4.79 Å². The predicted octanol–water partition coefficient (Wildman–Crippen LogP) is 4.69. The third-order valence-corrected chi connectivity index (χ3v) is 3.65. The van der Waals surface area contributed by atoms with E-state index in [1.165, 1.54) is 25.7 Å². The van der Waals surface area contributed by atoms with Crippen LogP contribution in [0.2, 0.25) is 0 Å². The van der Waals surface area contributed by atoms with Crippen LogP contribution in [0.1, 0.15) is 51.9 Å². The van der Waals surface area contributed by atoms with Crippen LogP contribution in [0.5, 0.6) is 0 Å². The molecule has 0 aliphatic rings. The zero-order valence-corrected chi connectivity index (χ0v) is 14.3. The molecule has 0 fully saturated rings. The summed E-state index contributed by atoms with van der Waals surface area (Å²) >= 11 is 6.49. The SMILES string of the molecule is CCCCCCCCC(=O)Nc1ncc(Br)nc1Br. The van der Waals surface area contributed by atoms with Crippen molar-refractivity contribution in [2.24, 2.45) is 0 Å². The lowest BCUT2D eigenvalue weighted by Gasteiger charge is -2.06. The summed E-state index contributed by atoms with van der Waals surface area (Å²) in [6.07, 6.45) is 9.15. The van der Waals surface area contributed by atoms with Gasteiger partial charge in [0.25, 0.3) is 0 Å². The first kappa shape index (κ1) is 16.6. The van der Waals surface area contributed by atoms with Gasteiger partial charge in [-0.2, -0.15) is 0 Å². The van der Waals surface area contributed by atoms with E-state index in [-0.39, 0.29) is 5.91 Å². The van der Waals surface area contributed by atoms with E-state index in [1.54, 1.807) is 6.20 Å². The summed E-state index contributed by atoms with van der Waals surface area (Å²) in [5.74, 6) is 0.465. The summed E-state index contributed by atoms with van der Waals surface area (Å²) in [5, 5.41) is 2.76. The second kappa shape index (κ2) is 9.42. The summed E-state index contributed by atoms with van der Waals surface area (Å²) in [4.78, 5) is 19.9. The lowest BCUT2D eigenvalue weighted by atomic mass is 10.1. The van der Waals surface area contributed by atoms with Gasteiger partial charge in [-0.05, 0) is 38.3 Å². The second-order valence-electron chi connectivity index (χ2n) is 4.40. The van der Waals surface area contributed by atoms with Crippen molar-refractivity contribution in [3.8, 4) is 0 Å². The van der Waals surface area contributed by atoms with Crippen LogP contribution in [0, 0.1) is 0 Å². The maximum Gasteiger partial charge on any atom is 0.225 e. The van der Waals surface area contributed by atoms with Gasteiger partial charge in [-0.1, -0.05) is 39.0 Å². The second-order valence-corrected chi connectivity index (χ2v) is 5.96. The van der Waals surface area contributed by atoms with E-state index < -0.39 is 0 Å². The normalized spacial score (nSPS) is 10.5. The monoisotopic (exact) mass is 391 g/mol. The lowest BCUT2D eigenvalue weighted by molar-refractivity contribution is -0.116. The molecule has 1 amide bonds.